The lowest BCUT2D eigenvalue weighted by Gasteiger charge is -2.29. The van der Waals surface area contributed by atoms with Gasteiger partial charge in [0.15, 0.2) is 5.82 Å². The van der Waals surface area contributed by atoms with Gasteiger partial charge in [0.05, 0.1) is 12.4 Å². The molecule has 1 atom stereocenters. The summed E-state index contributed by atoms with van der Waals surface area (Å²) in [5.74, 6) is -3.06. The van der Waals surface area contributed by atoms with Gasteiger partial charge in [0.2, 0.25) is 11.8 Å². The third kappa shape index (κ3) is 3.47. The topological polar surface area (TPSA) is 79.4 Å². The molecule has 1 aromatic carbocycles. The molecule has 0 saturated carbocycles. The molecule has 0 radical (unpaired) electrons. The van der Waals surface area contributed by atoms with Gasteiger partial charge >= 0.3 is 0 Å². The minimum absolute atomic E-state index is 0. The molecule has 3 heterocycles. The van der Waals surface area contributed by atoms with Crippen molar-refractivity contribution in [2.45, 2.75) is 31.3 Å². The highest BCUT2D eigenvalue weighted by molar-refractivity contribution is 6.17. The average molecular weight is 442 g/mol. The molecule has 0 spiro atoms. The average Bonchev–Trinajstić information content (AvgIpc) is 3.00. The Morgan fingerprint density at radius 1 is 1.14 bits per heavy atom. The second kappa shape index (κ2) is 8.04. The van der Waals surface area contributed by atoms with Crippen LogP contribution < -0.4 is 5.32 Å². The number of fused-ring (bicyclic) bond motifs is 1. The fourth-order valence-corrected chi connectivity index (χ4v) is 3.77. The SMILES string of the molecule is Cl.O=C1CCC(N2Cc3c(ccc(-c4nccc(CCl)c4F)c3F)C2=O)C(=O)N1. The molecule has 152 valence electrons. The van der Waals surface area contributed by atoms with E-state index in [1.54, 1.807) is 0 Å². The van der Waals surface area contributed by atoms with Gasteiger partial charge in [0.1, 0.15) is 17.6 Å². The molecule has 1 fully saturated rings. The van der Waals surface area contributed by atoms with E-state index in [1.807, 2.05) is 0 Å². The molecule has 1 aromatic heterocycles. The van der Waals surface area contributed by atoms with E-state index < -0.39 is 35.4 Å². The van der Waals surface area contributed by atoms with Crippen molar-refractivity contribution in [1.29, 1.82) is 0 Å². The molecule has 1 unspecified atom stereocenters. The van der Waals surface area contributed by atoms with Gasteiger partial charge in [-0.25, -0.2) is 8.78 Å². The lowest BCUT2D eigenvalue weighted by molar-refractivity contribution is -0.136. The third-order valence-electron chi connectivity index (χ3n) is 5.02. The Morgan fingerprint density at radius 2 is 1.86 bits per heavy atom. The van der Waals surface area contributed by atoms with Crippen molar-refractivity contribution in [1.82, 2.24) is 15.2 Å². The fourth-order valence-electron chi connectivity index (χ4n) is 3.56. The van der Waals surface area contributed by atoms with Crippen LogP contribution in [0.2, 0.25) is 0 Å². The van der Waals surface area contributed by atoms with Crippen LogP contribution in [0.1, 0.15) is 34.3 Å². The summed E-state index contributed by atoms with van der Waals surface area (Å²) in [4.78, 5) is 41.2. The quantitative estimate of drug-likeness (QED) is 0.586. The first-order valence-electron chi connectivity index (χ1n) is 8.58. The summed E-state index contributed by atoms with van der Waals surface area (Å²) in [5.41, 5.74) is 0.101. The van der Waals surface area contributed by atoms with Crippen molar-refractivity contribution >= 4 is 41.7 Å². The number of hydrogen-bond donors (Lipinski definition) is 1. The van der Waals surface area contributed by atoms with Crippen LogP contribution in [-0.4, -0.2) is 33.6 Å². The first-order valence-corrected chi connectivity index (χ1v) is 9.11. The molecule has 0 bridgehead atoms. The van der Waals surface area contributed by atoms with Crippen molar-refractivity contribution in [2.24, 2.45) is 0 Å². The minimum atomic E-state index is -0.852. The molecule has 1 N–H and O–H groups in total. The molecular formula is C19H15Cl2F2N3O3. The van der Waals surface area contributed by atoms with Crippen molar-refractivity contribution in [2.75, 3.05) is 0 Å². The molecule has 1 saturated heterocycles. The van der Waals surface area contributed by atoms with Crippen LogP contribution in [0.25, 0.3) is 11.3 Å². The van der Waals surface area contributed by atoms with Crippen molar-refractivity contribution in [3.05, 3.63) is 52.7 Å². The van der Waals surface area contributed by atoms with Gasteiger partial charge in [-0.3, -0.25) is 24.7 Å². The number of alkyl halides is 1. The van der Waals surface area contributed by atoms with Crippen molar-refractivity contribution in [3.63, 3.8) is 0 Å². The summed E-state index contributed by atoms with van der Waals surface area (Å²) in [5, 5.41) is 2.19. The number of amides is 3. The summed E-state index contributed by atoms with van der Waals surface area (Å²) < 4.78 is 29.7. The van der Waals surface area contributed by atoms with Crippen LogP contribution in [-0.2, 0) is 22.0 Å². The van der Waals surface area contributed by atoms with Gasteiger partial charge in [0.25, 0.3) is 5.91 Å². The zero-order valence-electron chi connectivity index (χ0n) is 14.9. The van der Waals surface area contributed by atoms with Crippen LogP contribution in [0.15, 0.2) is 24.4 Å². The standard InChI is InChI=1S/C19H14ClF2N3O3.ClH/c20-7-9-5-6-23-17(15(9)21)11-2-1-10-12(16(11)22)8-25(19(10)28)13-3-4-14(26)24-18(13)27;/h1-2,5-6,13H,3-4,7-8H2,(H,24,26,27);1H. The number of pyridine rings is 1. The second-order valence-electron chi connectivity index (χ2n) is 6.62. The molecular weight excluding hydrogens is 427 g/mol. The fraction of sp³-hybridized carbons (Fsp3) is 0.263. The van der Waals surface area contributed by atoms with E-state index in [0.717, 1.165) is 0 Å². The number of hydrogen-bond acceptors (Lipinski definition) is 4. The van der Waals surface area contributed by atoms with E-state index in [9.17, 15) is 18.8 Å². The molecule has 4 rings (SSSR count). The van der Waals surface area contributed by atoms with Gasteiger partial charge in [0, 0.05) is 34.9 Å². The molecule has 29 heavy (non-hydrogen) atoms. The molecule has 2 aliphatic heterocycles. The maximum Gasteiger partial charge on any atom is 0.255 e. The molecule has 6 nitrogen and oxygen atoms in total. The number of aromatic nitrogens is 1. The molecule has 3 amide bonds. The number of nitrogens with one attached hydrogen (secondary N) is 1. The molecule has 2 aliphatic rings. The van der Waals surface area contributed by atoms with Crippen LogP contribution in [0.4, 0.5) is 8.78 Å². The Balaban J connectivity index is 0.00000240. The smallest absolute Gasteiger partial charge is 0.255 e. The number of benzene rings is 1. The maximum atomic E-state index is 15.2. The number of rotatable bonds is 3. The van der Waals surface area contributed by atoms with E-state index in [1.165, 1.54) is 29.3 Å². The molecule has 0 aliphatic carbocycles. The lowest BCUT2D eigenvalue weighted by Crippen LogP contribution is -2.52. The van der Waals surface area contributed by atoms with Gasteiger partial charge in [-0.2, -0.15) is 0 Å². The van der Waals surface area contributed by atoms with Crippen LogP contribution in [0.3, 0.4) is 0 Å². The van der Waals surface area contributed by atoms with Gasteiger partial charge < -0.3 is 4.90 Å². The van der Waals surface area contributed by atoms with E-state index in [0.29, 0.717) is 0 Å². The predicted octanol–water partition coefficient (Wildman–Crippen LogP) is 2.95. The second-order valence-corrected chi connectivity index (χ2v) is 6.89. The number of imide groups is 1. The predicted molar refractivity (Wildman–Crippen MR) is 102 cm³/mol. The van der Waals surface area contributed by atoms with Gasteiger partial charge in [-0.1, -0.05) is 0 Å². The highest BCUT2D eigenvalue weighted by Gasteiger charge is 2.40. The Kier molecular flexibility index (Phi) is 5.86. The normalized spacial score (nSPS) is 18.4. The zero-order valence-corrected chi connectivity index (χ0v) is 16.4. The highest BCUT2D eigenvalue weighted by atomic mass is 35.5. The largest absolute Gasteiger partial charge is 0.322 e. The third-order valence-corrected chi connectivity index (χ3v) is 5.31. The van der Waals surface area contributed by atoms with Crippen molar-refractivity contribution in [3.8, 4) is 11.3 Å². The number of carbonyl (C=O) groups is 3. The summed E-state index contributed by atoms with van der Waals surface area (Å²) in [6.45, 7) is -0.142. The number of carbonyl (C=O) groups excluding carboxylic acids is 3. The summed E-state index contributed by atoms with van der Waals surface area (Å²) in [6.07, 6.45) is 1.61. The Labute approximate surface area is 175 Å². The van der Waals surface area contributed by atoms with E-state index in [2.05, 4.69) is 10.3 Å². The van der Waals surface area contributed by atoms with Crippen molar-refractivity contribution < 1.29 is 23.2 Å². The maximum absolute atomic E-state index is 15.2. The molecule has 10 heteroatoms. The van der Waals surface area contributed by atoms with Gasteiger partial charge in [-0.15, -0.1) is 24.0 Å². The van der Waals surface area contributed by atoms with E-state index in [-0.39, 0.29) is 65.6 Å². The molecule has 2 aromatic rings. The first kappa shape index (κ1) is 21.1. The Morgan fingerprint density at radius 3 is 2.55 bits per heavy atom. The van der Waals surface area contributed by atoms with E-state index in [4.69, 9.17) is 11.6 Å². The highest BCUT2D eigenvalue weighted by Crippen LogP contribution is 2.35. The van der Waals surface area contributed by atoms with Crippen LogP contribution in [0.5, 0.6) is 0 Å². The summed E-state index contributed by atoms with van der Waals surface area (Å²) in [6, 6.07) is 3.25. The van der Waals surface area contributed by atoms with E-state index >= 15 is 4.39 Å². The summed E-state index contributed by atoms with van der Waals surface area (Å²) >= 11 is 5.70. The number of nitrogens with zero attached hydrogens (tertiary/aromatic N) is 2. The monoisotopic (exact) mass is 441 g/mol. The Hall–Kier alpha value is -2.58. The Bertz CT molecular complexity index is 1030. The van der Waals surface area contributed by atoms with Crippen LogP contribution >= 0.6 is 24.0 Å². The van der Waals surface area contributed by atoms with Gasteiger partial charge in [-0.05, 0) is 24.6 Å². The summed E-state index contributed by atoms with van der Waals surface area (Å²) in [7, 11) is 0. The number of piperidine rings is 1. The number of halogens is 4. The zero-order chi connectivity index (χ0) is 20.0. The first-order chi connectivity index (χ1) is 13.4. The van der Waals surface area contributed by atoms with Crippen LogP contribution in [0, 0.1) is 11.6 Å². The lowest BCUT2D eigenvalue weighted by atomic mass is 10.0. The minimum Gasteiger partial charge on any atom is -0.322 e.